The number of hydrogen-bond donors (Lipinski definition) is 1. The summed E-state index contributed by atoms with van der Waals surface area (Å²) in [5.74, 6) is -0.832. The van der Waals surface area contributed by atoms with Gasteiger partial charge in [-0.2, -0.15) is 0 Å². The summed E-state index contributed by atoms with van der Waals surface area (Å²) in [6.45, 7) is 6.12. The minimum Gasteiger partial charge on any atom is -0.478 e. The molecule has 0 bridgehead atoms. The highest BCUT2D eigenvalue weighted by Gasteiger charge is 2.16. The van der Waals surface area contributed by atoms with E-state index in [1.54, 1.807) is 12.3 Å². The normalized spacial score (nSPS) is 11.4. The van der Waals surface area contributed by atoms with Gasteiger partial charge in [-0.3, -0.25) is 0 Å². The Kier molecular flexibility index (Phi) is 4.57. The summed E-state index contributed by atoms with van der Waals surface area (Å²) in [5, 5.41) is 9.15. The van der Waals surface area contributed by atoms with Gasteiger partial charge in [0.05, 0.1) is 17.0 Å². The van der Waals surface area contributed by atoms with Gasteiger partial charge < -0.3 is 9.51 Å². The van der Waals surface area contributed by atoms with Gasteiger partial charge in [0.1, 0.15) is 11.5 Å². The summed E-state index contributed by atoms with van der Waals surface area (Å²) < 4.78 is 16.3. The van der Waals surface area contributed by atoms with Crippen LogP contribution in [0.1, 0.15) is 42.4 Å². The molecule has 0 atom stereocenters. The van der Waals surface area contributed by atoms with Gasteiger partial charge in [-0.15, -0.1) is 0 Å². The van der Waals surface area contributed by atoms with Gasteiger partial charge in [0.25, 0.3) is 0 Å². The quantitative estimate of drug-likeness (QED) is 0.738. The van der Waals surface area contributed by atoms with E-state index in [4.69, 9.17) is 5.11 Å². The Balaban J connectivity index is 2.11. The third-order valence-corrected chi connectivity index (χ3v) is 4.26. The smallest absolute Gasteiger partial charge is 0.335 e. The van der Waals surface area contributed by atoms with Gasteiger partial charge in [0, 0.05) is 11.8 Å². The lowest BCUT2D eigenvalue weighted by Crippen LogP contribution is -1.99. The Morgan fingerprint density at radius 2 is 2.04 bits per heavy atom. The maximum absolute atomic E-state index is 14.4. The molecule has 0 amide bonds. The zero-order valence-electron chi connectivity index (χ0n) is 14.6. The Morgan fingerprint density at radius 1 is 1.28 bits per heavy atom. The molecule has 0 aliphatic rings. The van der Waals surface area contributed by atoms with Crippen LogP contribution >= 0.6 is 0 Å². The lowest BCUT2D eigenvalue weighted by molar-refractivity contribution is 0.0697. The van der Waals surface area contributed by atoms with E-state index in [1.165, 1.54) is 12.1 Å². The highest BCUT2D eigenvalue weighted by molar-refractivity contribution is 5.89. The van der Waals surface area contributed by atoms with Crippen LogP contribution in [0.5, 0.6) is 0 Å². The largest absolute Gasteiger partial charge is 0.478 e. The zero-order chi connectivity index (χ0) is 18.1. The topological polar surface area (TPSA) is 54.6 Å². The number of aromatic carboxylic acids is 1. The summed E-state index contributed by atoms with van der Waals surface area (Å²) in [6.07, 6.45) is 3.11. The van der Waals surface area contributed by atoms with Crippen LogP contribution in [0.25, 0.3) is 16.9 Å². The van der Waals surface area contributed by atoms with Crippen molar-refractivity contribution in [1.29, 1.82) is 0 Å². The number of hydrogen-bond acceptors (Lipinski definition) is 2. The molecule has 0 saturated heterocycles. The summed E-state index contributed by atoms with van der Waals surface area (Å²) in [7, 11) is 0. The number of carboxylic acid groups (broad SMARTS) is 1. The van der Waals surface area contributed by atoms with Crippen molar-refractivity contribution in [2.24, 2.45) is 5.92 Å². The molecule has 1 N–H and O–H groups in total. The van der Waals surface area contributed by atoms with E-state index in [1.807, 2.05) is 23.5 Å². The number of pyridine rings is 1. The van der Waals surface area contributed by atoms with Gasteiger partial charge in [-0.05, 0) is 42.5 Å². The minimum atomic E-state index is -0.991. The van der Waals surface area contributed by atoms with Gasteiger partial charge in [-0.1, -0.05) is 32.9 Å². The molecule has 0 radical (unpaired) electrons. The van der Waals surface area contributed by atoms with E-state index in [0.29, 0.717) is 41.2 Å². The average Bonchev–Trinajstić information content (AvgIpc) is 2.93. The molecule has 4 nitrogen and oxygen atoms in total. The SMILES string of the molecule is CCc1c(-c2ccc(CC(C)C)c(F)c2)nc2cc(C(=O)O)ccn12. The van der Waals surface area contributed by atoms with Gasteiger partial charge in [0.2, 0.25) is 0 Å². The van der Waals surface area contributed by atoms with E-state index in [-0.39, 0.29) is 11.4 Å². The van der Waals surface area contributed by atoms with E-state index < -0.39 is 5.97 Å². The van der Waals surface area contributed by atoms with Crippen molar-refractivity contribution in [1.82, 2.24) is 9.38 Å². The van der Waals surface area contributed by atoms with Crippen LogP contribution in [0.4, 0.5) is 4.39 Å². The second-order valence-corrected chi connectivity index (χ2v) is 6.61. The van der Waals surface area contributed by atoms with Crippen molar-refractivity contribution in [3.63, 3.8) is 0 Å². The number of imidazole rings is 1. The Morgan fingerprint density at radius 3 is 2.64 bits per heavy atom. The number of carboxylic acids is 1. The Hall–Kier alpha value is -2.69. The molecule has 0 unspecified atom stereocenters. The van der Waals surface area contributed by atoms with Crippen LogP contribution in [0.2, 0.25) is 0 Å². The zero-order valence-corrected chi connectivity index (χ0v) is 14.6. The molecular weight excluding hydrogens is 319 g/mol. The molecule has 0 aliphatic heterocycles. The fourth-order valence-corrected chi connectivity index (χ4v) is 3.10. The first-order chi connectivity index (χ1) is 11.9. The van der Waals surface area contributed by atoms with Crippen molar-refractivity contribution in [3.05, 3.63) is 59.2 Å². The molecule has 0 aliphatic carbocycles. The van der Waals surface area contributed by atoms with Crippen molar-refractivity contribution < 1.29 is 14.3 Å². The van der Waals surface area contributed by atoms with Crippen LogP contribution < -0.4 is 0 Å². The minimum absolute atomic E-state index is 0.185. The molecule has 1 aromatic carbocycles. The summed E-state index contributed by atoms with van der Waals surface area (Å²) in [5.41, 5.74) is 3.78. The maximum atomic E-state index is 14.4. The maximum Gasteiger partial charge on any atom is 0.335 e. The third kappa shape index (κ3) is 3.27. The monoisotopic (exact) mass is 340 g/mol. The van der Waals surface area contributed by atoms with Crippen LogP contribution in [0.15, 0.2) is 36.5 Å². The number of halogens is 1. The third-order valence-electron chi connectivity index (χ3n) is 4.26. The highest BCUT2D eigenvalue weighted by Crippen LogP contribution is 2.27. The van der Waals surface area contributed by atoms with Crippen LogP contribution in [-0.2, 0) is 12.8 Å². The molecule has 0 saturated carbocycles. The second-order valence-electron chi connectivity index (χ2n) is 6.61. The summed E-state index contributed by atoms with van der Waals surface area (Å²) in [4.78, 5) is 15.7. The Bertz CT molecular complexity index is 944. The number of nitrogens with zero attached hydrogens (tertiary/aromatic N) is 2. The first-order valence-corrected chi connectivity index (χ1v) is 8.43. The van der Waals surface area contributed by atoms with Crippen LogP contribution in [0, 0.1) is 11.7 Å². The van der Waals surface area contributed by atoms with E-state index in [0.717, 1.165) is 5.69 Å². The molecule has 0 spiro atoms. The average molecular weight is 340 g/mol. The van der Waals surface area contributed by atoms with E-state index >= 15 is 0 Å². The number of aromatic nitrogens is 2. The van der Waals surface area contributed by atoms with Crippen molar-refractivity contribution in [2.75, 3.05) is 0 Å². The first-order valence-electron chi connectivity index (χ1n) is 8.43. The molecule has 5 heteroatoms. The fraction of sp³-hybridized carbons (Fsp3) is 0.300. The number of benzene rings is 1. The highest BCUT2D eigenvalue weighted by atomic mass is 19.1. The van der Waals surface area contributed by atoms with Gasteiger partial charge >= 0.3 is 5.97 Å². The molecule has 25 heavy (non-hydrogen) atoms. The van der Waals surface area contributed by atoms with E-state index in [9.17, 15) is 9.18 Å². The molecule has 2 heterocycles. The lowest BCUT2D eigenvalue weighted by atomic mass is 9.99. The van der Waals surface area contributed by atoms with Crippen LogP contribution in [0.3, 0.4) is 0 Å². The molecule has 130 valence electrons. The predicted molar refractivity (Wildman–Crippen MR) is 95.5 cm³/mol. The number of carbonyl (C=O) groups is 1. The summed E-state index contributed by atoms with van der Waals surface area (Å²) in [6, 6.07) is 8.31. The lowest BCUT2D eigenvalue weighted by Gasteiger charge is -2.08. The summed E-state index contributed by atoms with van der Waals surface area (Å²) >= 11 is 0. The van der Waals surface area contributed by atoms with Crippen LogP contribution in [-0.4, -0.2) is 20.5 Å². The van der Waals surface area contributed by atoms with Crippen molar-refractivity contribution >= 4 is 11.6 Å². The number of fused-ring (bicyclic) bond motifs is 1. The molecule has 3 aromatic rings. The van der Waals surface area contributed by atoms with Gasteiger partial charge in [0.15, 0.2) is 0 Å². The predicted octanol–water partition coefficient (Wildman–Crippen LogP) is 4.60. The number of rotatable bonds is 5. The molecule has 2 aromatic heterocycles. The standard InChI is InChI=1S/C20H21FN2O2/c1-4-17-19(14-6-5-13(9-12(2)3)16(21)10-14)22-18-11-15(20(24)25)7-8-23(17)18/h5-8,10-12H,4,9H2,1-3H3,(H,24,25). The van der Waals surface area contributed by atoms with Gasteiger partial charge in [-0.25, -0.2) is 14.2 Å². The molecular formula is C20H21FN2O2. The molecule has 0 fully saturated rings. The fourth-order valence-electron chi connectivity index (χ4n) is 3.10. The second kappa shape index (κ2) is 6.67. The number of aryl methyl sites for hydroxylation is 1. The first kappa shape index (κ1) is 17.1. The van der Waals surface area contributed by atoms with E-state index in [2.05, 4.69) is 18.8 Å². The molecule has 3 rings (SSSR count). The van der Waals surface area contributed by atoms with Crippen molar-refractivity contribution in [3.8, 4) is 11.3 Å². The Labute approximate surface area is 146 Å². The van der Waals surface area contributed by atoms with Crippen molar-refractivity contribution in [2.45, 2.75) is 33.6 Å².